The zero-order valence-electron chi connectivity index (χ0n) is 16.9. The second-order valence-corrected chi connectivity index (χ2v) is 8.28. The smallest absolute Gasteiger partial charge is 0.225 e. The van der Waals surface area contributed by atoms with Crippen LogP contribution in [-0.4, -0.2) is 26.4 Å². The number of rotatable bonds is 8. The molecule has 2 heterocycles. The lowest BCUT2D eigenvalue weighted by atomic mass is 10.2. The van der Waals surface area contributed by atoms with Gasteiger partial charge in [-0.05, 0) is 35.9 Å². The Kier molecular flexibility index (Phi) is 6.90. The van der Waals surface area contributed by atoms with Crippen molar-refractivity contribution in [2.24, 2.45) is 0 Å². The maximum atomic E-state index is 12.3. The van der Waals surface area contributed by atoms with Crippen LogP contribution in [0.5, 0.6) is 0 Å². The van der Waals surface area contributed by atoms with E-state index in [1.165, 1.54) is 11.8 Å². The number of halogens is 1. The van der Waals surface area contributed by atoms with Gasteiger partial charge in [-0.2, -0.15) is 5.26 Å². The van der Waals surface area contributed by atoms with Crippen molar-refractivity contribution in [2.75, 3.05) is 11.1 Å². The van der Waals surface area contributed by atoms with Crippen molar-refractivity contribution >= 4 is 35.0 Å². The highest BCUT2D eigenvalue weighted by Gasteiger charge is 2.17. The monoisotopic (exact) mass is 463 g/mol. The molecular formula is C23H18ClN5O2S. The van der Waals surface area contributed by atoms with E-state index in [-0.39, 0.29) is 12.3 Å². The number of furan rings is 1. The number of hydrogen-bond donors (Lipinski definition) is 1. The zero-order chi connectivity index (χ0) is 22.3. The summed E-state index contributed by atoms with van der Waals surface area (Å²) in [6.45, 7) is 0.585. The molecule has 0 radical (unpaired) electrons. The molecule has 0 fully saturated rings. The minimum absolute atomic E-state index is 0.154. The maximum Gasteiger partial charge on any atom is 0.225 e. The molecule has 0 unspecified atom stereocenters. The minimum Gasteiger partial charge on any atom is -0.461 e. The average Bonchev–Trinajstić information content (AvgIpc) is 3.45. The number of nitrogens with one attached hydrogen (secondary N) is 1. The minimum atomic E-state index is -0.154. The van der Waals surface area contributed by atoms with E-state index in [1.807, 2.05) is 53.1 Å². The Bertz CT molecular complexity index is 1250. The average molecular weight is 464 g/mol. The summed E-state index contributed by atoms with van der Waals surface area (Å²) < 4.78 is 7.50. The highest BCUT2D eigenvalue weighted by Crippen LogP contribution is 2.26. The topological polar surface area (TPSA) is 96.7 Å². The van der Waals surface area contributed by atoms with Crippen molar-refractivity contribution in [3.8, 4) is 17.7 Å². The van der Waals surface area contributed by atoms with Gasteiger partial charge in [-0.25, -0.2) is 0 Å². The molecule has 0 spiro atoms. The molecule has 2 aromatic heterocycles. The van der Waals surface area contributed by atoms with Crippen molar-refractivity contribution < 1.29 is 9.21 Å². The molecule has 4 aromatic rings. The molecule has 2 aromatic carbocycles. The quantitative estimate of drug-likeness (QED) is 0.359. The fourth-order valence-electron chi connectivity index (χ4n) is 3.03. The first kappa shape index (κ1) is 21.7. The van der Waals surface area contributed by atoms with Crippen LogP contribution >= 0.6 is 23.4 Å². The van der Waals surface area contributed by atoms with Gasteiger partial charge < -0.3 is 9.73 Å². The first-order valence-electron chi connectivity index (χ1n) is 9.77. The molecule has 0 aliphatic rings. The maximum absolute atomic E-state index is 12.3. The number of hydrogen-bond acceptors (Lipinski definition) is 6. The molecule has 1 N–H and O–H groups in total. The summed E-state index contributed by atoms with van der Waals surface area (Å²) in [5, 5.41) is 21.4. The van der Waals surface area contributed by atoms with Gasteiger partial charge in [0.25, 0.3) is 0 Å². The molecule has 0 bridgehead atoms. The molecule has 1 amide bonds. The van der Waals surface area contributed by atoms with Gasteiger partial charge in [-0.3, -0.25) is 9.36 Å². The van der Waals surface area contributed by atoms with Crippen molar-refractivity contribution in [2.45, 2.75) is 18.1 Å². The number of nitrogens with zero attached hydrogens (tertiary/aromatic N) is 4. The van der Waals surface area contributed by atoms with Gasteiger partial charge >= 0.3 is 0 Å². The number of anilines is 1. The Hall–Kier alpha value is -3.54. The Morgan fingerprint density at radius 1 is 1.16 bits per heavy atom. The molecule has 4 rings (SSSR count). The van der Waals surface area contributed by atoms with E-state index in [2.05, 4.69) is 15.5 Å². The molecule has 9 heteroatoms. The van der Waals surface area contributed by atoms with Crippen LogP contribution in [0.15, 0.2) is 76.5 Å². The van der Waals surface area contributed by atoms with Gasteiger partial charge in [-0.1, -0.05) is 53.7 Å². The van der Waals surface area contributed by atoms with E-state index in [4.69, 9.17) is 21.3 Å². The highest BCUT2D eigenvalue weighted by molar-refractivity contribution is 7.99. The Balaban J connectivity index is 1.42. The molecule has 160 valence electrons. The zero-order valence-corrected chi connectivity index (χ0v) is 18.4. The lowest BCUT2D eigenvalue weighted by Gasteiger charge is -2.10. The molecular weight excluding hydrogens is 446 g/mol. The van der Waals surface area contributed by atoms with Crippen LogP contribution < -0.4 is 5.32 Å². The molecule has 0 aliphatic carbocycles. The fourth-order valence-corrected chi connectivity index (χ4v) is 4.13. The summed E-state index contributed by atoms with van der Waals surface area (Å²) >= 11 is 7.47. The third kappa shape index (κ3) is 5.19. The van der Waals surface area contributed by atoms with Crippen LogP contribution in [0, 0.1) is 11.3 Å². The Morgan fingerprint density at radius 3 is 2.72 bits per heavy atom. The van der Waals surface area contributed by atoms with Crippen LogP contribution in [0.2, 0.25) is 5.02 Å². The van der Waals surface area contributed by atoms with Crippen molar-refractivity contribution in [3.05, 3.63) is 83.1 Å². The van der Waals surface area contributed by atoms with E-state index in [0.717, 1.165) is 5.56 Å². The molecule has 32 heavy (non-hydrogen) atoms. The van der Waals surface area contributed by atoms with E-state index < -0.39 is 0 Å². The van der Waals surface area contributed by atoms with Crippen molar-refractivity contribution in [1.29, 1.82) is 5.26 Å². The largest absolute Gasteiger partial charge is 0.461 e. The molecule has 0 aliphatic heterocycles. The van der Waals surface area contributed by atoms with Gasteiger partial charge in [0.15, 0.2) is 10.9 Å². The number of amides is 1. The molecule has 0 saturated heterocycles. The van der Waals surface area contributed by atoms with Crippen LogP contribution in [0.4, 0.5) is 5.69 Å². The van der Waals surface area contributed by atoms with Gasteiger partial charge in [0, 0.05) is 17.9 Å². The summed E-state index contributed by atoms with van der Waals surface area (Å²) in [5.41, 5.74) is 2.03. The van der Waals surface area contributed by atoms with E-state index in [1.54, 1.807) is 24.5 Å². The lowest BCUT2D eigenvalue weighted by Crippen LogP contribution is -2.12. The van der Waals surface area contributed by atoms with E-state index in [9.17, 15) is 4.79 Å². The highest BCUT2D eigenvalue weighted by atomic mass is 35.5. The standard InChI is InChI=1S/C23H18ClN5O2S/c24-19-13-18(9-8-17(19)14-25)26-21(30)10-12-32-23-28-27-22(20-7-4-11-31-20)29(23)15-16-5-2-1-3-6-16/h1-9,11,13H,10,12,15H2,(H,26,30). The number of carbonyl (C=O) groups excluding carboxylic acids is 1. The number of carbonyl (C=O) groups is 1. The summed E-state index contributed by atoms with van der Waals surface area (Å²) in [7, 11) is 0. The van der Waals surface area contributed by atoms with Gasteiger partial charge in [0.1, 0.15) is 6.07 Å². The Labute approximate surface area is 194 Å². The van der Waals surface area contributed by atoms with Gasteiger partial charge in [0.05, 0.1) is 23.4 Å². The summed E-state index contributed by atoms with van der Waals surface area (Å²) in [5.74, 6) is 1.63. The van der Waals surface area contributed by atoms with Gasteiger partial charge in [0.2, 0.25) is 11.7 Å². The lowest BCUT2D eigenvalue weighted by molar-refractivity contribution is -0.115. The van der Waals surface area contributed by atoms with Crippen LogP contribution in [-0.2, 0) is 11.3 Å². The molecule has 0 saturated carbocycles. The third-order valence-corrected chi connectivity index (χ3v) is 5.86. The number of aromatic nitrogens is 3. The van der Waals surface area contributed by atoms with Gasteiger partial charge in [-0.15, -0.1) is 10.2 Å². The van der Waals surface area contributed by atoms with Crippen LogP contribution in [0.3, 0.4) is 0 Å². The molecule has 0 atom stereocenters. The summed E-state index contributed by atoms with van der Waals surface area (Å²) in [4.78, 5) is 12.3. The predicted molar refractivity (Wildman–Crippen MR) is 123 cm³/mol. The Morgan fingerprint density at radius 2 is 2.00 bits per heavy atom. The summed E-state index contributed by atoms with van der Waals surface area (Å²) in [6.07, 6.45) is 1.88. The SMILES string of the molecule is N#Cc1ccc(NC(=O)CCSc2nnc(-c3ccco3)n2Cc2ccccc2)cc1Cl. The van der Waals surface area contributed by atoms with Crippen molar-refractivity contribution in [1.82, 2.24) is 14.8 Å². The summed E-state index contributed by atoms with van der Waals surface area (Å²) in [6, 6.07) is 20.5. The number of thioether (sulfide) groups is 1. The normalized spacial score (nSPS) is 10.6. The van der Waals surface area contributed by atoms with Crippen molar-refractivity contribution in [3.63, 3.8) is 0 Å². The molecule has 7 nitrogen and oxygen atoms in total. The van der Waals surface area contributed by atoms with Crippen LogP contribution in [0.25, 0.3) is 11.6 Å². The number of nitriles is 1. The number of benzene rings is 2. The second kappa shape index (κ2) is 10.2. The first-order chi connectivity index (χ1) is 15.6. The van der Waals surface area contributed by atoms with Crippen LogP contribution in [0.1, 0.15) is 17.5 Å². The second-order valence-electron chi connectivity index (χ2n) is 6.81. The van der Waals surface area contributed by atoms with E-state index >= 15 is 0 Å². The predicted octanol–water partition coefficient (Wildman–Crippen LogP) is 5.23. The fraction of sp³-hybridized carbons (Fsp3) is 0.130. The third-order valence-electron chi connectivity index (χ3n) is 4.58. The van der Waals surface area contributed by atoms with E-state index in [0.29, 0.717) is 45.3 Å². The first-order valence-corrected chi connectivity index (χ1v) is 11.1.